The number of hydrogen-bond donors (Lipinski definition) is 0. The van der Waals surface area contributed by atoms with Crippen LogP contribution in [0, 0.1) is 17.3 Å². The molecule has 1 fully saturated rings. The van der Waals surface area contributed by atoms with Crippen LogP contribution in [-0.2, 0) is 19.1 Å². The SMILES string of the molecule is CCCCOC(=O)C1(CC(=O)OC)C(C)CCCCCCCC1C. The third-order valence-corrected chi connectivity index (χ3v) is 5.81. The summed E-state index contributed by atoms with van der Waals surface area (Å²) in [7, 11) is 1.40. The standard InChI is InChI=1S/C20H36O4/c1-5-6-14-24-19(22)20(15-18(21)23-4)16(2)12-10-8-7-9-11-13-17(20)3/h16-17H,5-15H2,1-4H3. The average molecular weight is 341 g/mol. The molecule has 140 valence electrons. The maximum absolute atomic E-state index is 13.1. The summed E-state index contributed by atoms with van der Waals surface area (Å²) >= 11 is 0. The highest BCUT2D eigenvalue weighted by molar-refractivity contribution is 5.84. The van der Waals surface area contributed by atoms with Gasteiger partial charge in [-0.2, -0.15) is 0 Å². The second-order valence-corrected chi connectivity index (χ2v) is 7.43. The molecule has 0 aromatic carbocycles. The molecule has 0 aliphatic heterocycles. The minimum atomic E-state index is -0.752. The normalized spacial score (nSPS) is 28.8. The Kier molecular flexibility index (Phi) is 9.38. The van der Waals surface area contributed by atoms with E-state index in [0.717, 1.165) is 38.5 Å². The van der Waals surface area contributed by atoms with Crippen LogP contribution in [0.5, 0.6) is 0 Å². The van der Waals surface area contributed by atoms with E-state index >= 15 is 0 Å². The molecule has 4 heteroatoms. The summed E-state index contributed by atoms with van der Waals surface area (Å²) in [6.07, 6.45) is 9.81. The molecule has 0 N–H and O–H groups in total. The minimum Gasteiger partial charge on any atom is -0.469 e. The van der Waals surface area contributed by atoms with Crippen molar-refractivity contribution in [1.82, 2.24) is 0 Å². The molecule has 0 aromatic rings. The number of esters is 2. The van der Waals surface area contributed by atoms with Gasteiger partial charge in [-0.05, 0) is 31.1 Å². The van der Waals surface area contributed by atoms with Crippen molar-refractivity contribution in [3.63, 3.8) is 0 Å². The van der Waals surface area contributed by atoms with Gasteiger partial charge in [-0.1, -0.05) is 59.3 Å². The van der Waals surface area contributed by atoms with Gasteiger partial charge >= 0.3 is 11.9 Å². The fourth-order valence-corrected chi connectivity index (χ4v) is 4.01. The van der Waals surface area contributed by atoms with Gasteiger partial charge < -0.3 is 9.47 Å². The summed E-state index contributed by atoms with van der Waals surface area (Å²) in [5.41, 5.74) is -0.752. The third kappa shape index (κ3) is 5.49. The zero-order chi connectivity index (χ0) is 18.0. The number of rotatable bonds is 6. The highest BCUT2D eigenvalue weighted by Crippen LogP contribution is 2.46. The predicted octanol–water partition coefficient (Wildman–Crippen LogP) is 4.90. The summed E-state index contributed by atoms with van der Waals surface area (Å²) in [5, 5.41) is 0. The van der Waals surface area contributed by atoms with E-state index in [0.29, 0.717) is 6.61 Å². The number of carbonyl (C=O) groups excluding carboxylic acids is 2. The Labute approximate surface area is 147 Å². The molecule has 1 rings (SSSR count). The molecule has 2 atom stereocenters. The van der Waals surface area contributed by atoms with Crippen molar-refractivity contribution in [3.05, 3.63) is 0 Å². The van der Waals surface area contributed by atoms with Gasteiger partial charge in [0.1, 0.15) is 0 Å². The van der Waals surface area contributed by atoms with Crippen LogP contribution in [0.25, 0.3) is 0 Å². The average Bonchev–Trinajstić information content (AvgIpc) is 2.57. The smallest absolute Gasteiger partial charge is 0.313 e. The lowest BCUT2D eigenvalue weighted by atomic mass is 9.62. The lowest BCUT2D eigenvalue weighted by Crippen LogP contribution is -2.46. The lowest BCUT2D eigenvalue weighted by Gasteiger charge is -2.41. The first-order valence-corrected chi connectivity index (χ1v) is 9.73. The molecule has 1 aliphatic rings. The molecule has 0 heterocycles. The quantitative estimate of drug-likeness (QED) is 0.510. The highest BCUT2D eigenvalue weighted by Gasteiger charge is 2.50. The van der Waals surface area contributed by atoms with Gasteiger partial charge in [0, 0.05) is 0 Å². The second-order valence-electron chi connectivity index (χ2n) is 7.43. The van der Waals surface area contributed by atoms with E-state index in [2.05, 4.69) is 20.8 Å². The van der Waals surface area contributed by atoms with Crippen molar-refractivity contribution in [2.24, 2.45) is 17.3 Å². The Balaban J connectivity index is 3.09. The van der Waals surface area contributed by atoms with E-state index in [4.69, 9.17) is 9.47 Å². The Morgan fingerprint density at radius 2 is 1.54 bits per heavy atom. The van der Waals surface area contributed by atoms with Crippen LogP contribution in [0.2, 0.25) is 0 Å². The number of methoxy groups -OCH3 is 1. The summed E-state index contributed by atoms with van der Waals surface area (Å²) in [4.78, 5) is 25.2. The first kappa shape index (κ1) is 21.0. The fraction of sp³-hybridized carbons (Fsp3) is 0.900. The van der Waals surface area contributed by atoms with Crippen LogP contribution >= 0.6 is 0 Å². The van der Waals surface area contributed by atoms with Crippen LogP contribution < -0.4 is 0 Å². The van der Waals surface area contributed by atoms with Gasteiger partial charge in [0.25, 0.3) is 0 Å². The highest BCUT2D eigenvalue weighted by atomic mass is 16.5. The van der Waals surface area contributed by atoms with E-state index in [1.807, 2.05) is 0 Å². The van der Waals surface area contributed by atoms with E-state index in [9.17, 15) is 9.59 Å². The minimum absolute atomic E-state index is 0.124. The van der Waals surface area contributed by atoms with Crippen LogP contribution in [-0.4, -0.2) is 25.7 Å². The van der Waals surface area contributed by atoms with Crippen LogP contribution in [0.15, 0.2) is 0 Å². The van der Waals surface area contributed by atoms with Gasteiger partial charge in [0.2, 0.25) is 0 Å². The maximum Gasteiger partial charge on any atom is 0.313 e. The lowest BCUT2D eigenvalue weighted by molar-refractivity contribution is -0.171. The molecule has 1 saturated carbocycles. The van der Waals surface area contributed by atoms with E-state index in [1.54, 1.807) is 0 Å². The molecule has 4 nitrogen and oxygen atoms in total. The monoisotopic (exact) mass is 340 g/mol. The number of hydrogen-bond acceptors (Lipinski definition) is 4. The number of ether oxygens (including phenoxy) is 2. The number of carbonyl (C=O) groups is 2. The van der Waals surface area contributed by atoms with Crippen molar-refractivity contribution < 1.29 is 19.1 Å². The zero-order valence-electron chi connectivity index (χ0n) is 16.1. The fourth-order valence-electron chi connectivity index (χ4n) is 4.01. The Bertz CT molecular complexity index is 377. The van der Waals surface area contributed by atoms with Crippen LogP contribution in [0.3, 0.4) is 0 Å². The molecule has 0 saturated heterocycles. The van der Waals surface area contributed by atoms with Crippen molar-refractivity contribution in [1.29, 1.82) is 0 Å². The second kappa shape index (κ2) is 10.7. The Morgan fingerprint density at radius 1 is 1.00 bits per heavy atom. The molecule has 2 unspecified atom stereocenters. The van der Waals surface area contributed by atoms with Crippen LogP contribution in [0.4, 0.5) is 0 Å². The first-order valence-electron chi connectivity index (χ1n) is 9.73. The van der Waals surface area contributed by atoms with E-state index in [1.165, 1.54) is 26.4 Å². The number of unbranched alkanes of at least 4 members (excludes halogenated alkanes) is 1. The first-order chi connectivity index (χ1) is 11.5. The van der Waals surface area contributed by atoms with Crippen molar-refractivity contribution in [2.45, 2.75) is 85.0 Å². The van der Waals surface area contributed by atoms with Crippen LogP contribution in [0.1, 0.15) is 85.0 Å². The van der Waals surface area contributed by atoms with Gasteiger partial charge in [-0.15, -0.1) is 0 Å². The summed E-state index contributed by atoms with van der Waals surface area (Å²) in [6, 6.07) is 0. The van der Waals surface area contributed by atoms with Crippen molar-refractivity contribution >= 4 is 11.9 Å². The van der Waals surface area contributed by atoms with Crippen molar-refractivity contribution in [3.8, 4) is 0 Å². The third-order valence-electron chi connectivity index (χ3n) is 5.81. The van der Waals surface area contributed by atoms with Gasteiger partial charge in [0.05, 0.1) is 25.6 Å². The summed E-state index contributed by atoms with van der Waals surface area (Å²) < 4.78 is 10.6. The molecule has 24 heavy (non-hydrogen) atoms. The molecule has 0 radical (unpaired) electrons. The maximum atomic E-state index is 13.1. The molecule has 0 spiro atoms. The molecule has 0 amide bonds. The Morgan fingerprint density at radius 3 is 2.04 bits per heavy atom. The van der Waals surface area contributed by atoms with E-state index < -0.39 is 5.41 Å². The topological polar surface area (TPSA) is 52.6 Å². The van der Waals surface area contributed by atoms with Gasteiger partial charge in [-0.25, -0.2) is 0 Å². The zero-order valence-corrected chi connectivity index (χ0v) is 16.1. The molecule has 0 bridgehead atoms. The molecular weight excluding hydrogens is 304 g/mol. The summed E-state index contributed by atoms with van der Waals surface area (Å²) in [6.45, 7) is 6.74. The van der Waals surface area contributed by atoms with Crippen molar-refractivity contribution in [2.75, 3.05) is 13.7 Å². The predicted molar refractivity (Wildman–Crippen MR) is 95.6 cm³/mol. The molecule has 1 aliphatic carbocycles. The van der Waals surface area contributed by atoms with Gasteiger partial charge in [-0.3, -0.25) is 9.59 Å². The van der Waals surface area contributed by atoms with E-state index in [-0.39, 0.29) is 30.2 Å². The summed E-state index contributed by atoms with van der Waals surface area (Å²) in [5.74, 6) is -0.252. The molecular formula is C20H36O4. The van der Waals surface area contributed by atoms with Gasteiger partial charge in [0.15, 0.2) is 0 Å². The largest absolute Gasteiger partial charge is 0.469 e. The molecule has 0 aromatic heterocycles. The Hall–Kier alpha value is -1.06.